The Balaban J connectivity index is 1.86. The Labute approximate surface area is 212 Å². The summed E-state index contributed by atoms with van der Waals surface area (Å²) >= 11 is 0. The van der Waals surface area contributed by atoms with E-state index in [9.17, 15) is 4.79 Å². The van der Waals surface area contributed by atoms with E-state index in [0.29, 0.717) is 54.1 Å². The number of ether oxygens (including phenoxy) is 2. The van der Waals surface area contributed by atoms with Crippen LogP contribution in [-0.4, -0.2) is 40.3 Å². The summed E-state index contributed by atoms with van der Waals surface area (Å²) in [5.74, 6) is 1.74. The van der Waals surface area contributed by atoms with Gasteiger partial charge in [0.05, 0.1) is 30.2 Å². The first-order chi connectivity index (χ1) is 17.4. The summed E-state index contributed by atoms with van der Waals surface area (Å²) in [5.41, 5.74) is 5.41. The molecule has 0 radical (unpaired) electrons. The number of fused-ring (bicyclic) bond motifs is 1. The van der Waals surface area contributed by atoms with Gasteiger partial charge in [0.25, 0.3) is 5.91 Å². The second-order valence-electron chi connectivity index (χ2n) is 9.05. The molecule has 0 aliphatic heterocycles. The molecular formula is C29H34N4O3. The zero-order chi connectivity index (χ0) is 25.7. The van der Waals surface area contributed by atoms with E-state index in [1.54, 1.807) is 10.7 Å². The average molecular weight is 487 g/mol. The third-order valence-corrected chi connectivity index (χ3v) is 5.95. The van der Waals surface area contributed by atoms with E-state index in [-0.39, 0.29) is 5.91 Å². The van der Waals surface area contributed by atoms with Crippen LogP contribution in [0.5, 0.6) is 11.5 Å². The fourth-order valence-corrected chi connectivity index (χ4v) is 4.25. The molecule has 0 saturated carbocycles. The summed E-state index contributed by atoms with van der Waals surface area (Å²) in [6.07, 6.45) is 2.57. The maximum Gasteiger partial charge on any atom is 0.255 e. The Morgan fingerprint density at radius 2 is 1.72 bits per heavy atom. The summed E-state index contributed by atoms with van der Waals surface area (Å²) < 4.78 is 13.4. The van der Waals surface area contributed by atoms with Crippen LogP contribution in [0.2, 0.25) is 0 Å². The molecule has 7 nitrogen and oxygen atoms in total. The van der Waals surface area contributed by atoms with Gasteiger partial charge in [-0.1, -0.05) is 50.2 Å². The molecule has 0 atom stereocenters. The largest absolute Gasteiger partial charge is 0.490 e. The minimum Gasteiger partial charge on any atom is -0.490 e. The number of hydrogen-bond acceptors (Lipinski definition) is 5. The molecule has 7 heteroatoms. The van der Waals surface area contributed by atoms with Crippen LogP contribution in [0.1, 0.15) is 50.2 Å². The molecule has 2 aromatic carbocycles. The van der Waals surface area contributed by atoms with Gasteiger partial charge in [-0.2, -0.15) is 5.10 Å². The fourth-order valence-electron chi connectivity index (χ4n) is 4.25. The van der Waals surface area contributed by atoms with Gasteiger partial charge >= 0.3 is 0 Å². The highest BCUT2D eigenvalue weighted by Crippen LogP contribution is 2.37. The van der Waals surface area contributed by atoms with E-state index >= 15 is 0 Å². The van der Waals surface area contributed by atoms with Crippen molar-refractivity contribution in [2.24, 2.45) is 5.92 Å². The molecular weight excluding hydrogens is 452 g/mol. The molecule has 0 fully saturated rings. The monoisotopic (exact) mass is 486 g/mol. The number of hydrogen-bond donors (Lipinski definition) is 1. The Hall–Kier alpha value is -3.87. The van der Waals surface area contributed by atoms with Crippen LogP contribution in [0.15, 0.2) is 54.7 Å². The van der Waals surface area contributed by atoms with Gasteiger partial charge < -0.3 is 14.8 Å². The van der Waals surface area contributed by atoms with Crippen molar-refractivity contribution in [1.29, 1.82) is 0 Å². The maximum atomic E-state index is 13.2. The molecule has 0 unspecified atom stereocenters. The van der Waals surface area contributed by atoms with Gasteiger partial charge in [-0.25, -0.2) is 9.50 Å². The second kappa shape index (κ2) is 11.2. The molecule has 0 aliphatic carbocycles. The van der Waals surface area contributed by atoms with E-state index in [1.165, 1.54) is 0 Å². The molecule has 0 saturated heterocycles. The maximum absolute atomic E-state index is 13.2. The predicted octanol–water partition coefficient (Wildman–Crippen LogP) is 5.95. The first kappa shape index (κ1) is 25.2. The molecule has 2 heterocycles. The number of carbonyl (C=O) groups is 1. The molecule has 0 bridgehead atoms. The number of rotatable bonds is 10. The molecule has 4 aromatic rings. The zero-order valence-electron chi connectivity index (χ0n) is 21.7. The lowest BCUT2D eigenvalue weighted by Gasteiger charge is -2.14. The number of nitrogens with zero attached hydrogens (tertiary/aromatic N) is 3. The highest BCUT2D eigenvalue weighted by molar-refractivity contribution is 6.00. The van der Waals surface area contributed by atoms with Crippen molar-refractivity contribution in [2.75, 3.05) is 19.8 Å². The third kappa shape index (κ3) is 5.20. The summed E-state index contributed by atoms with van der Waals surface area (Å²) in [5, 5.41) is 7.90. The summed E-state index contributed by atoms with van der Waals surface area (Å²) in [6.45, 7) is 11.8. The van der Waals surface area contributed by atoms with Crippen molar-refractivity contribution in [3.63, 3.8) is 0 Å². The second-order valence-corrected chi connectivity index (χ2v) is 9.05. The van der Waals surface area contributed by atoms with Gasteiger partial charge in [0.15, 0.2) is 17.1 Å². The van der Waals surface area contributed by atoms with Gasteiger partial charge in [0.2, 0.25) is 0 Å². The van der Waals surface area contributed by atoms with Crippen LogP contribution in [0.4, 0.5) is 0 Å². The smallest absolute Gasteiger partial charge is 0.255 e. The van der Waals surface area contributed by atoms with E-state index in [4.69, 9.17) is 19.6 Å². The molecule has 1 N–H and O–H groups in total. The highest BCUT2D eigenvalue weighted by atomic mass is 16.5. The molecule has 4 rings (SSSR count). The van der Waals surface area contributed by atoms with Gasteiger partial charge in [0.1, 0.15) is 0 Å². The number of benzene rings is 2. The molecule has 0 spiro atoms. The summed E-state index contributed by atoms with van der Waals surface area (Å²) in [7, 11) is 0. The number of amides is 1. The normalized spacial score (nSPS) is 11.2. The number of carbonyl (C=O) groups excluding carboxylic acids is 1. The van der Waals surface area contributed by atoms with E-state index < -0.39 is 0 Å². The first-order valence-corrected chi connectivity index (χ1v) is 12.6. The van der Waals surface area contributed by atoms with Crippen molar-refractivity contribution in [3.8, 4) is 33.9 Å². The van der Waals surface area contributed by atoms with Gasteiger partial charge in [-0.05, 0) is 50.8 Å². The van der Waals surface area contributed by atoms with Crippen LogP contribution in [0.3, 0.4) is 0 Å². The molecule has 2 aromatic heterocycles. The Bertz CT molecular complexity index is 1350. The van der Waals surface area contributed by atoms with Gasteiger partial charge in [0, 0.05) is 23.9 Å². The van der Waals surface area contributed by atoms with E-state index in [0.717, 1.165) is 28.8 Å². The van der Waals surface area contributed by atoms with Crippen LogP contribution in [0, 0.1) is 12.8 Å². The molecule has 36 heavy (non-hydrogen) atoms. The van der Waals surface area contributed by atoms with Gasteiger partial charge in [-0.3, -0.25) is 4.79 Å². The van der Waals surface area contributed by atoms with E-state index in [1.807, 2.05) is 69.3 Å². The van der Waals surface area contributed by atoms with E-state index in [2.05, 4.69) is 19.2 Å². The lowest BCUT2D eigenvalue weighted by atomic mass is 10.0. The number of aryl methyl sites for hydroxylation is 1. The van der Waals surface area contributed by atoms with Crippen molar-refractivity contribution >= 4 is 11.6 Å². The predicted molar refractivity (Wildman–Crippen MR) is 143 cm³/mol. The lowest BCUT2D eigenvalue weighted by Crippen LogP contribution is -2.26. The third-order valence-electron chi connectivity index (χ3n) is 5.95. The van der Waals surface area contributed by atoms with Crippen LogP contribution in [0.25, 0.3) is 28.0 Å². The van der Waals surface area contributed by atoms with Crippen molar-refractivity contribution in [3.05, 3.63) is 66.0 Å². The van der Waals surface area contributed by atoms with Crippen LogP contribution in [-0.2, 0) is 0 Å². The first-order valence-electron chi connectivity index (χ1n) is 12.6. The van der Waals surface area contributed by atoms with Crippen molar-refractivity contribution < 1.29 is 14.3 Å². The SMILES string of the molecule is CCOc1ccc(-c2c(C)nn3c(-c4ccccc4)c(C(=O)NCCC(C)C)cnc23)cc1OCC. The highest BCUT2D eigenvalue weighted by Gasteiger charge is 2.22. The standard InChI is InChI=1S/C29H34N4O3/c1-6-35-24-14-13-22(17-25(24)36-7-2)26-20(5)32-33-27(21-11-9-8-10-12-21)23(18-31-28(26)33)29(34)30-16-15-19(3)4/h8-14,17-19H,6-7,15-16H2,1-5H3,(H,30,34). The number of aromatic nitrogens is 3. The minimum absolute atomic E-state index is 0.154. The summed E-state index contributed by atoms with van der Waals surface area (Å²) in [4.78, 5) is 17.9. The zero-order valence-corrected chi connectivity index (χ0v) is 21.7. The topological polar surface area (TPSA) is 77.8 Å². The minimum atomic E-state index is -0.154. The molecule has 188 valence electrons. The van der Waals surface area contributed by atoms with Crippen LogP contribution >= 0.6 is 0 Å². The Kier molecular flexibility index (Phi) is 7.88. The molecule has 0 aliphatic rings. The Morgan fingerprint density at radius 1 is 1.00 bits per heavy atom. The van der Waals surface area contributed by atoms with Gasteiger partial charge in [-0.15, -0.1) is 0 Å². The number of nitrogens with one attached hydrogen (secondary N) is 1. The molecule has 1 amide bonds. The summed E-state index contributed by atoms with van der Waals surface area (Å²) in [6, 6.07) is 15.7. The average Bonchev–Trinajstić information content (AvgIpc) is 3.20. The van der Waals surface area contributed by atoms with Crippen molar-refractivity contribution in [2.45, 2.75) is 41.0 Å². The van der Waals surface area contributed by atoms with Crippen molar-refractivity contribution in [1.82, 2.24) is 19.9 Å². The Morgan fingerprint density at radius 3 is 2.42 bits per heavy atom. The van der Waals surface area contributed by atoms with Crippen LogP contribution < -0.4 is 14.8 Å². The quantitative estimate of drug-likeness (QED) is 0.300. The fraction of sp³-hybridized carbons (Fsp3) is 0.345. The lowest BCUT2D eigenvalue weighted by molar-refractivity contribution is 0.0952.